The van der Waals surface area contributed by atoms with Crippen LogP contribution in [-0.2, 0) is 0 Å². The second kappa shape index (κ2) is 5.85. The molecule has 2 heterocycles. The SMILES string of the molecule is Cc1ccc(-c2nc3ccccc3c3nc4cc(C)c(C)cc4nc23)cc1. The van der Waals surface area contributed by atoms with Crippen LogP contribution in [0.2, 0.25) is 0 Å². The van der Waals surface area contributed by atoms with Crippen molar-refractivity contribution in [2.24, 2.45) is 0 Å². The van der Waals surface area contributed by atoms with Crippen molar-refractivity contribution in [1.29, 1.82) is 0 Å². The Balaban J connectivity index is 1.96. The lowest BCUT2D eigenvalue weighted by Crippen LogP contribution is -1.96. The lowest BCUT2D eigenvalue weighted by Gasteiger charge is -2.11. The second-order valence-corrected chi connectivity index (χ2v) is 7.19. The van der Waals surface area contributed by atoms with E-state index in [1.54, 1.807) is 0 Å². The maximum Gasteiger partial charge on any atom is 0.116 e. The van der Waals surface area contributed by atoms with Gasteiger partial charge in [-0.25, -0.2) is 15.0 Å². The average molecular weight is 349 g/mol. The smallest absolute Gasteiger partial charge is 0.116 e. The first-order valence-corrected chi connectivity index (χ1v) is 9.15. The third-order valence-corrected chi connectivity index (χ3v) is 5.22. The molecular weight excluding hydrogens is 330 g/mol. The topological polar surface area (TPSA) is 38.7 Å². The maximum absolute atomic E-state index is 5.01. The van der Waals surface area contributed by atoms with E-state index < -0.39 is 0 Å². The minimum absolute atomic E-state index is 0.855. The van der Waals surface area contributed by atoms with Crippen molar-refractivity contribution in [2.45, 2.75) is 20.8 Å². The van der Waals surface area contributed by atoms with Crippen molar-refractivity contribution in [3.05, 3.63) is 77.4 Å². The van der Waals surface area contributed by atoms with E-state index in [0.29, 0.717) is 0 Å². The molecule has 3 nitrogen and oxygen atoms in total. The number of pyridine rings is 1. The van der Waals surface area contributed by atoms with E-state index >= 15 is 0 Å². The minimum Gasteiger partial charge on any atom is -0.245 e. The number of rotatable bonds is 1. The molecule has 0 atom stereocenters. The standard InChI is InChI=1S/C24H19N3/c1-14-8-10-17(11-9-14)22-24-23(18-6-4-5-7-19(18)25-22)26-20-12-15(2)16(3)13-21(20)27-24/h4-13H,1-3H3. The molecule has 0 amide bonds. The molecule has 5 rings (SSSR count). The summed E-state index contributed by atoms with van der Waals surface area (Å²) >= 11 is 0. The van der Waals surface area contributed by atoms with Crippen LogP contribution in [0.5, 0.6) is 0 Å². The summed E-state index contributed by atoms with van der Waals surface area (Å²) in [7, 11) is 0. The zero-order chi connectivity index (χ0) is 18.5. The Bertz CT molecular complexity index is 1340. The Labute approximate surface area is 157 Å². The number of benzene rings is 3. The number of nitrogens with zero attached hydrogens (tertiary/aromatic N) is 3. The number of fused-ring (bicyclic) bond motifs is 4. The molecule has 0 fully saturated rings. The van der Waals surface area contributed by atoms with E-state index in [1.807, 2.05) is 18.2 Å². The van der Waals surface area contributed by atoms with Gasteiger partial charge in [0.05, 0.1) is 22.2 Å². The molecule has 27 heavy (non-hydrogen) atoms. The fourth-order valence-electron chi connectivity index (χ4n) is 3.52. The number of aryl methyl sites for hydroxylation is 3. The predicted octanol–water partition coefficient (Wildman–Crippen LogP) is 5.92. The van der Waals surface area contributed by atoms with Crippen LogP contribution < -0.4 is 0 Å². The number of para-hydroxylation sites is 1. The monoisotopic (exact) mass is 349 g/mol. The Morgan fingerprint density at radius 2 is 1.22 bits per heavy atom. The summed E-state index contributed by atoms with van der Waals surface area (Å²) in [4.78, 5) is 15.0. The van der Waals surface area contributed by atoms with E-state index in [-0.39, 0.29) is 0 Å². The largest absolute Gasteiger partial charge is 0.245 e. The minimum atomic E-state index is 0.855. The van der Waals surface area contributed by atoms with E-state index in [9.17, 15) is 0 Å². The molecule has 2 aromatic heterocycles. The zero-order valence-electron chi connectivity index (χ0n) is 15.6. The highest BCUT2D eigenvalue weighted by atomic mass is 14.9. The third-order valence-electron chi connectivity index (χ3n) is 5.22. The third kappa shape index (κ3) is 2.55. The van der Waals surface area contributed by atoms with Gasteiger partial charge in [-0.1, -0.05) is 48.0 Å². The molecule has 130 valence electrons. The summed E-state index contributed by atoms with van der Waals surface area (Å²) in [5, 5.41) is 1.04. The van der Waals surface area contributed by atoms with E-state index in [0.717, 1.165) is 44.2 Å². The molecule has 0 aliphatic heterocycles. The van der Waals surface area contributed by atoms with Crippen molar-refractivity contribution < 1.29 is 0 Å². The van der Waals surface area contributed by atoms with Crippen molar-refractivity contribution in [2.75, 3.05) is 0 Å². The zero-order valence-corrected chi connectivity index (χ0v) is 15.6. The van der Waals surface area contributed by atoms with Gasteiger partial charge in [-0.15, -0.1) is 0 Å². The normalized spacial score (nSPS) is 11.5. The van der Waals surface area contributed by atoms with Gasteiger partial charge in [0.1, 0.15) is 11.0 Å². The van der Waals surface area contributed by atoms with Crippen LogP contribution in [0.25, 0.3) is 44.2 Å². The van der Waals surface area contributed by atoms with Crippen LogP contribution in [-0.4, -0.2) is 15.0 Å². The van der Waals surface area contributed by atoms with Crippen LogP contribution in [0.4, 0.5) is 0 Å². The van der Waals surface area contributed by atoms with Gasteiger partial charge >= 0.3 is 0 Å². The van der Waals surface area contributed by atoms with Gasteiger partial charge < -0.3 is 0 Å². The lowest BCUT2D eigenvalue weighted by molar-refractivity contribution is 1.30. The number of hydrogen-bond donors (Lipinski definition) is 0. The Morgan fingerprint density at radius 3 is 1.93 bits per heavy atom. The van der Waals surface area contributed by atoms with Gasteiger partial charge in [0.15, 0.2) is 0 Å². The molecule has 0 saturated heterocycles. The number of hydrogen-bond acceptors (Lipinski definition) is 3. The molecule has 0 aliphatic rings. The Morgan fingerprint density at radius 1 is 0.593 bits per heavy atom. The van der Waals surface area contributed by atoms with Gasteiger partial charge in [-0.2, -0.15) is 0 Å². The Hall–Kier alpha value is -3.33. The summed E-state index contributed by atoms with van der Waals surface area (Å²) < 4.78 is 0. The fraction of sp³-hybridized carbons (Fsp3) is 0.125. The molecule has 0 saturated carbocycles. The van der Waals surface area contributed by atoms with Gasteiger partial charge in [0, 0.05) is 10.9 Å². The molecule has 0 unspecified atom stereocenters. The maximum atomic E-state index is 5.01. The van der Waals surface area contributed by atoms with Crippen molar-refractivity contribution in [3.63, 3.8) is 0 Å². The molecule has 0 N–H and O–H groups in total. The average Bonchev–Trinajstić information content (AvgIpc) is 2.68. The van der Waals surface area contributed by atoms with Crippen LogP contribution in [0.1, 0.15) is 16.7 Å². The summed E-state index contributed by atoms with van der Waals surface area (Å²) in [6.07, 6.45) is 0. The van der Waals surface area contributed by atoms with E-state index in [4.69, 9.17) is 15.0 Å². The quantitative estimate of drug-likeness (QED) is 0.278. The van der Waals surface area contributed by atoms with Crippen molar-refractivity contribution >= 4 is 33.0 Å². The fourth-order valence-corrected chi connectivity index (χ4v) is 3.52. The number of aromatic nitrogens is 3. The molecule has 3 heteroatoms. The molecule has 3 aromatic carbocycles. The summed E-state index contributed by atoms with van der Waals surface area (Å²) in [6, 6.07) is 20.8. The molecular formula is C24H19N3. The van der Waals surface area contributed by atoms with Crippen molar-refractivity contribution in [1.82, 2.24) is 15.0 Å². The van der Waals surface area contributed by atoms with Gasteiger partial charge in [-0.3, -0.25) is 0 Å². The highest BCUT2D eigenvalue weighted by molar-refractivity contribution is 6.09. The van der Waals surface area contributed by atoms with Crippen LogP contribution in [0, 0.1) is 20.8 Å². The molecule has 0 radical (unpaired) electrons. The summed E-state index contributed by atoms with van der Waals surface area (Å²) in [5.74, 6) is 0. The van der Waals surface area contributed by atoms with Crippen molar-refractivity contribution in [3.8, 4) is 11.3 Å². The van der Waals surface area contributed by atoms with Gasteiger partial charge in [-0.05, 0) is 50.1 Å². The summed E-state index contributed by atoms with van der Waals surface area (Å²) in [5.41, 5.74) is 10.2. The first-order chi connectivity index (χ1) is 13.1. The van der Waals surface area contributed by atoms with E-state index in [2.05, 4.69) is 63.2 Å². The van der Waals surface area contributed by atoms with Crippen LogP contribution >= 0.6 is 0 Å². The highest BCUT2D eigenvalue weighted by Crippen LogP contribution is 2.32. The first-order valence-electron chi connectivity index (χ1n) is 9.15. The second-order valence-electron chi connectivity index (χ2n) is 7.19. The Kier molecular flexibility index (Phi) is 3.44. The van der Waals surface area contributed by atoms with Gasteiger partial charge in [0.25, 0.3) is 0 Å². The molecule has 0 aliphatic carbocycles. The molecule has 0 bridgehead atoms. The predicted molar refractivity (Wildman–Crippen MR) is 112 cm³/mol. The lowest BCUT2D eigenvalue weighted by atomic mass is 10.0. The highest BCUT2D eigenvalue weighted by Gasteiger charge is 2.14. The van der Waals surface area contributed by atoms with Crippen LogP contribution in [0.15, 0.2) is 60.7 Å². The van der Waals surface area contributed by atoms with Gasteiger partial charge in [0.2, 0.25) is 0 Å². The summed E-state index contributed by atoms with van der Waals surface area (Å²) in [6.45, 7) is 6.32. The first kappa shape index (κ1) is 15.9. The van der Waals surface area contributed by atoms with E-state index in [1.165, 1.54) is 16.7 Å². The molecule has 0 spiro atoms. The van der Waals surface area contributed by atoms with Crippen LogP contribution in [0.3, 0.4) is 0 Å². The molecule has 5 aromatic rings.